The summed E-state index contributed by atoms with van der Waals surface area (Å²) in [7, 11) is 0. The Hall–Kier alpha value is -0.180. The minimum atomic E-state index is -0.801. The van der Waals surface area contributed by atoms with Crippen LogP contribution in [0.3, 0.4) is 0 Å². The molecule has 0 aliphatic rings. The van der Waals surface area contributed by atoms with Crippen molar-refractivity contribution in [3.8, 4) is 0 Å². The Balaban J connectivity index is 4.19. The molecular formula is C6H12O2S. The summed E-state index contributed by atoms with van der Waals surface area (Å²) in [6, 6.07) is 0. The van der Waals surface area contributed by atoms with Crippen LogP contribution in [0.4, 0.5) is 0 Å². The minimum Gasteiger partial charge on any atom is -0.481 e. The maximum Gasteiger partial charge on any atom is 0.310 e. The molecule has 0 bridgehead atoms. The van der Waals surface area contributed by atoms with E-state index in [1.165, 1.54) is 0 Å². The maximum atomic E-state index is 10.4. The molecule has 0 saturated carbocycles. The van der Waals surface area contributed by atoms with Crippen molar-refractivity contribution in [1.29, 1.82) is 0 Å². The average Bonchev–Trinajstić information content (AvgIpc) is 1.65. The third-order valence-corrected chi connectivity index (χ3v) is 2.24. The fraction of sp³-hybridized carbons (Fsp3) is 0.833. The third kappa shape index (κ3) is 1.90. The highest BCUT2D eigenvalue weighted by molar-refractivity contribution is 7.81. The summed E-state index contributed by atoms with van der Waals surface area (Å²) >= 11 is 4.04. The number of rotatable bonds is 2. The second-order valence-corrected chi connectivity index (χ2v) is 3.48. The standard InChI is InChI=1S/C6H12O2S/c1-4(9)6(2,3)5(7)8/h4,9H,1-3H3,(H,7,8). The molecule has 0 radical (unpaired) electrons. The fourth-order valence-electron chi connectivity index (χ4n) is 0.179. The molecule has 0 spiro atoms. The lowest BCUT2D eigenvalue weighted by Crippen LogP contribution is -2.31. The second-order valence-electron chi connectivity index (χ2n) is 2.70. The highest BCUT2D eigenvalue weighted by Gasteiger charge is 2.31. The van der Waals surface area contributed by atoms with E-state index in [-0.39, 0.29) is 5.25 Å². The van der Waals surface area contributed by atoms with Crippen molar-refractivity contribution in [1.82, 2.24) is 0 Å². The van der Waals surface area contributed by atoms with Gasteiger partial charge in [-0.05, 0) is 13.8 Å². The SMILES string of the molecule is CC(S)C(C)(C)C(=O)O. The maximum absolute atomic E-state index is 10.4. The summed E-state index contributed by atoms with van der Waals surface area (Å²) in [6.07, 6.45) is 0. The van der Waals surface area contributed by atoms with Crippen molar-refractivity contribution in [2.45, 2.75) is 26.0 Å². The first-order chi connectivity index (χ1) is 3.89. The van der Waals surface area contributed by atoms with E-state index in [1.807, 2.05) is 0 Å². The Morgan fingerprint density at radius 2 is 2.00 bits per heavy atom. The lowest BCUT2D eigenvalue weighted by Gasteiger charge is -2.22. The van der Waals surface area contributed by atoms with Crippen molar-refractivity contribution in [2.24, 2.45) is 5.41 Å². The van der Waals surface area contributed by atoms with E-state index in [9.17, 15) is 4.79 Å². The van der Waals surface area contributed by atoms with Crippen LogP contribution in [0.2, 0.25) is 0 Å². The van der Waals surface area contributed by atoms with Gasteiger partial charge < -0.3 is 5.11 Å². The van der Waals surface area contributed by atoms with Crippen molar-refractivity contribution >= 4 is 18.6 Å². The number of hydrogen-bond acceptors (Lipinski definition) is 2. The van der Waals surface area contributed by atoms with E-state index >= 15 is 0 Å². The minimum absolute atomic E-state index is 0.116. The fourth-order valence-corrected chi connectivity index (χ4v) is 0.289. The highest BCUT2D eigenvalue weighted by atomic mass is 32.1. The molecule has 1 atom stereocenters. The summed E-state index contributed by atoms with van der Waals surface area (Å²) in [5.41, 5.74) is -0.719. The molecule has 0 aliphatic heterocycles. The number of carboxylic acids is 1. The number of carboxylic acid groups (broad SMARTS) is 1. The zero-order valence-corrected chi connectivity index (χ0v) is 6.77. The van der Waals surface area contributed by atoms with Crippen LogP contribution in [0.15, 0.2) is 0 Å². The second kappa shape index (κ2) is 2.60. The smallest absolute Gasteiger partial charge is 0.310 e. The molecule has 1 N–H and O–H groups in total. The van der Waals surface area contributed by atoms with Gasteiger partial charge in [0.1, 0.15) is 0 Å². The molecule has 0 saturated heterocycles. The third-order valence-electron chi connectivity index (χ3n) is 1.60. The monoisotopic (exact) mass is 148 g/mol. The topological polar surface area (TPSA) is 37.3 Å². The molecule has 0 aromatic carbocycles. The summed E-state index contributed by atoms with van der Waals surface area (Å²) < 4.78 is 0. The van der Waals surface area contributed by atoms with Crippen LogP contribution >= 0.6 is 12.6 Å². The Kier molecular flexibility index (Phi) is 2.55. The Labute approximate surface area is 60.7 Å². The van der Waals surface area contributed by atoms with Crippen molar-refractivity contribution in [2.75, 3.05) is 0 Å². The quantitative estimate of drug-likeness (QED) is 0.581. The van der Waals surface area contributed by atoms with Crippen LogP contribution in [-0.2, 0) is 4.79 Å². The van der Waals surface area contributed by atoms with Crippen LogP contribution in [0.5, 0.6) is 0 Å². The molecule has 0 heterocycles. The first-order valence-electron chi connectivity index (χ1n) is 2.80. The van der Waals surface area contributed by atoms with Gasteiger partial charge in [0.25, 0.3) is 0 Å². The molecule has 0 aromatic rings. The van der Waals surface area contributed by atoms with E-state index in [0.717, 1.165) is 0 Å². The van der Waals surface area contributed by atoms with Crippen molar-refractivity contribution in [3.63, 3.8) is 0 Å². The number of aliphatic carboxylic acids is 1. The largest absolute Gasteiger partial charge is 0.481 e. The molecule has 2 nitrogen and oxygen atoms in total. The van der Waals surface area contributed by atoms with Gasteiger partial charge in [-0.15, -0.1) is 0 Å². The van der Waals surface area contributed by atoms with E-state index in [2.05, 4.69) is 12.6 Å². The van der Waals surface area contributed by atoms with Gasteiger partial charge in [0.15, 0.2) is 0 Å². The van der Waals surface area contributed by atoms with Gasteiger partial charge in [0.05, 0.1) is 5.41 Å². The summed E-state index contributed by atoms with van der Waals surface area (Å²) in [5, 5.41) is 8.45. The number of carbonyl (C=O) groups is 1. The number of thiol groups is 1. The average molecular weight is 148 g/mol. The molecule has 9 heavy (non-hydrogen) atoms. The van der Waals surface area contributed by atoms with Gasteiger partial charge in [0, 0.05) is 5.25 Å². The molecule has 1 unspecified atom stereocenters. The normalized spacial score (nSPS) is 15.1. The van der Waals surface area contributed by atoms with Crippen molar-refractivity contribution in [3.05, 3.63) is 0 Å². The van der Waals surface area contributed by atoms with Crippen LogP contribution in [0.1, 0.15) is 20.8 Å². The first-order valence-corrected chi connectivity index (χ1v) is 3.32. The Bertz CT molecular complexity index is 118. The summed E-state index contributed by atoms with van der Waals surface area (Å²) in [6.45, 7) is 5.09. The van der Waals surface area contributed by atoms with Crippen LogP contribution in [-0.4, -0.2) is 16.3 Å². The summed E-state index contributed by atoms with van der Waals surface area (Å²) in [4.78, 5) is 10.4. The zero-order chi connectivity index (χ0) is 7.65. The molecular weight excluding hydrogens is 136 g/mol. The van der Waals surface area contributed by atoms with Crippen molar-refractivity contribution < 1.29 is 9.90 Å². The van der Waals surface area contributed by atoms with Crippen LogP contribution in [0.25, 0.3) is 0 Å². The van der Waals surface area contributed by atoms with Gasteiger partial charge in [-0.2, -0.15) is 12.6 Å². The molecule has 54 valence electrons. The summed E-state index contributed by atoms with van der Waals surface area (Å²) in [5.74, 6) is -0.801. The number of hydrogen-bond donors (Lipinski definition) is 2. The predicted octanol–water partition coefficient (Wildman–Crippen LogP) is 1.42. The lowest BCUT2D eigenvalue weighted by atomic mass is 9.90. The van der Waals surface area contributed by atoms with Gasteiger partial charge in [-0.25, -0.2) is 0 Å². The van der Waals surface area contributed by atoms with E-state index in [4.69, 9.17) is 5.11 Å². The van der Waals surface area contributed by atoms with Gasteiger partial charge in [-0.3, -0.25) is 4.79 Å². The van der Waals surface area contributed by atoms with Gasteiger partial charge >= 0.3 is 5.97 Å². The highest BCUT2D eigenvalue weighted by Crippen LogP contribution is 2.24. The first kappa shape index (κ1) is 8.82. The van der Waals surface area contributed by atoms with Crippen LogP contribution in [0, 0.1) is 5.41 Å². The molecule has 0 aliphatic carbocycles. The van der Waals surface area contributed by atoms with Gasteiger partial charge in [0.2, 0.25) is 0 Å². The lowest BCUT2D eigenvalue weighted by molar-refractivity contribution is -0.146. The zero-order valence-electron chi connectivity index (χ0n) is 5.88. The molecule has 3 heteroatoms. The molecule has 0 aromatic heterocycles. The van der Waals surface area contributed by atoms with Gasteiger partial charge in [-0.1, -0.05) is 6.92 Å². The Morgan fingerprint density at radius 3 is 2.00 bits per heavy atom. The Morgan fingerprint density at radius 1 is 1.67 bits per heavy atom. The molecule has 0 rings (SSSR count). The van der Waals surface area contributed by atoms with E-state index in [0.29, 0.717) is 0 Å². The van der Waals surface area contributed by atoms with E-state index in [1.54, 1.807) is 20.8 Å². The van der Waals surface area contributed by atoms with E-state index < -0.39 is 11.4 Å². The molecule has 0 amide bonds. The van der Waals surface area contributed by atoms with Crippen LogP contribution < -0.4 is 0 Å². The molecule has 0 fully saturated rings. The predicted molar refractivity (Wildman–Crippen MR) is 39.9 cm³/mol.